The van der Waals surface area contributed by atoms with Crippen molar-refractivity contribution in [2.24, 2.45) is 5.41 Å². The molecule has 1 rings (SSSR count). The lowest BCUT2D eigenvalue weighted by Crippen LogP contribution is -2.23. The van der Waals surface area contributed by atoms with Crippen LogP contribution in [0.2, 0.25) is 0 Å². The van der Waals surface area contributed by atoms with E-state index in [2.05, 4.69) is 0 Å². The highest BCUT2D eigenvalue weighted by atomic mass is 16.5. The molecule has 0 amide bonds. The molecule has 0 aliphatic carbocycles. The van der Waals surface area contributed by atoms with Crippen LogP contribution in [0.5, 0.6) is 5.75 Å². The predicted molar refractivity (Wildman–Crippen MR) is 66.4 cm³/mol. The topological polar surface area (TPSA) is 43.4 Å². The quantitative estimate of drug-likeness (QED) is 0.594. The highest BCUT2D eigenvalue weighted by Crippen LogP contribution is 2.20. The fourth-order valence-electron chi connectivity index (χ4n) is 1.31. The molecule has 0 aliphatic rings. The molecule has 0 aromatic heterocycles. The second-order valence-electron chi connectivity index (χ2n) is 5.01. The molecule has 0 atom stereocenters. The van der Waals surface area contributed by atoms with Crippen LogP contribution in [0.15, 0.2) is 24.3 Å². The minimum Gasteiger partial charge on any atom is -0.497 e. The van der Waals surface area contributed by atoms with E-state index in [1.165, 1.54) is 0 Å². The van der Waals surface area contributed by atoms with E-state index in [-0.39, 0.29) is 18.0 Å². The summed E-state index contributed by atoms with van der Waals surface area (Å²) < 4.78 is 5.04. The van der Waals surface area contributed by atoms with E-state index >= 15 is 0 Å². The van der Waals surface area contributed by atoms with Crippen LogP contribution < -0.4 is 4.74 Å². The first-order chi connectivity index (χ1) is 7.84. The summed E-state index contributed by atoms with van der Waals surface area (Å²) >= 11 is 0. The van der Waals surface area contributed by atoms with Crippen LogP contribution in [0.3, 0.4) is 0 Å². The molecule has 17 heavy (non-hydrogen) atoms. The zero-order chi connectivity index (χ0) is 13.1. The maximum atomic E-state index is 11.9. The van der Waals surface area contributed by atoms with Gasteiger partial charge in [-0.05, 0) is 12.1 Å². The number of rotatable bonds is 4. The van der Waals surface area contributed by atoms with Crippen molar-refractivity contribution < 1.29 is 14.3 Å². The molecule has 0 saturated carbocycles. The Bertz CT molecular complexity index is 427. The molecule has 0 aliphatic heterocycles. The average Bonchev–Trinajstić information content (AvgIpc) is 2.27. The van der Waals surface area contributed by atoms with Crippen LogP contribution in [-0.4, -0.2) is 18.7 Å². The number of benzene rings is 1. The Labute approximate surface area is 102 Å². The number of methoxy groups -OCH3 is 1. The van der Waals surface area contributed by atoms with Gasteiger partial charge in [0.05, 0.1) is 13.5 Å². The average molecular weight is 234 g/mol. The summed E-state index contributed by atoms with van der Waals surface area (Å²) in [5.74, 6) is 0.410. The van der Waals surface area contributed by atoms with Gasteiger partial charge in [0, 0.05) is 11.0 Å². The summed E-state index contributed by atoms with van der Waals surface area (Å²) in [6, 6.07) is 6.86. The molecule has 0 radical (unpaired) electrons. The van der Waals surface area contributed by atoms with Gasteiger partial charge in [0.25, 0.3) is 0 Å². The first-order valence-corrected chi connectivity index (χ1v) is 5.55. The number of hydrogen-bond donors (Lipinski definition) is 0. The number of hydrogen-bond acceptors (Lipinski definition) is 3. The van der Waals surface area contributed by atoms with E-state index in [1.807, 2.05) is 20.8 Å². The van der Waals surface area contributed by atoms with Gasteiger partial charge in [-0.15, -0.1) is 0 Å². The lowest BCUT2D eigenvalue weighted by Gasteiger charge is -2.15. The van der Waals surface area contributed by atoms with E-state index in [0.717, 1.165) is 0 Å². The van der Waals surface area contributed by atoms with E-state index in [4.69, 9.17) is 4.74 Å². The molecular formula is C14H18O3. The minimum absolute atomic E-state index is 0.0506. The van der Waals surface area contributed by atoms with Gasteiger partial charge in [0.2, 0.25) is 0 Å². The van der Waals surface area contributed by atoms with E-state index in [1.54, 1.807) is 31.4 Å². The first kappa shape index (κ1) is 13.4. The standard InChI is InChI=1S/C14H18O3/c1-14(2,3)13(16)9-12(15)10-6-5-7-11(8-10)17-4/h5-8H,9H2,1-4H3. The minimum atomic E-state index is -0.478. The number of ketones is 2. The summed E-state index contributed by atoms with van der Waals surface area (Å²) in [5.41, 5.74) is 0.0380. The van der Waals surface area contributed by atoms with Crippen molar-refractivity contribution in [3.05, 3.63) is 29.8 Å². The number of carbonyl (C=O) groups is 2. The zero-order valence-corrected chi connectivity index (χ0v) is 10.7. The van der Waals surface area contributed by atoms with Crippen molar-refractivity contribution in [2.75, 3.05) is 7.11 Å². The van der Waals surface area contributed by atoms with Gasteiger partial charge in [-0.1, -0.05) is 32.9 Å². The Balaban J connectivity index is 2.80. The Kier molecular flexibility index (Phi) is 4.05. The fraction of sp³-hybridized carbons (Fsp3) is 0.429. The lowest BCUT2D eigenvalue weighted by atomic mass is 9.87. The van der Waals surface area contributed by atoms with Crippen molar-refractivity contribution in [3.8, 4) is 5.75 Å². The molecule has 0 N–H and O–H groups in total. The largest absolute Gasteiger partial charge is 0.497 e. The van der Waals surface area contributed by atoms with Crippen LogP contribution >= 0.6 is 0 Å². The smallest absolute Gasteiger partial charge is 0.170 e. The summed E-state index contributed by atoms with van der Waals surface area (Å²) in [5, 5.41) is 0. The Hall–Kier alpha value is -1.64. The van der Waals surface area contributed by atoms with E-state index in [0.29, 0.717) is 11.3 Å². The van der Waals surface area contributed by atoms with Crippen LogP contribution in [0.25, 0.3) is 0 Å². The van der Waals surface area contributed by atoms with Crippen LogP contribution in [0.4, 0.5) is 0 Å². The van der Waals surface area contributed by atoms with Crippen molar-refractivity contribution in [1.82, 2.24) is 0 Å². The molecule has 3 heteroatoms. The lowest BCUT2D eigenvalue weighted by molar-refractivity contribution is -0.125. The zero-order valence-electron chi connectivity index (χ0n) is 10.7. The van der Waals surface area contributed by atoms with Crippen LogP contribution in [0.1, 0.15) is 37.6 Å². The normalized spacial score (nSPS) is 11.1. The van der Waals surface area contributed by atoms with Gasteiger partial charge in [0.1, 0.15) is 11.5 Å². The molecule has 92 valence electrons. The molecule has 0 bridgehead atoms. The van der Waals surface area contributed by atoms with Crippen LogP contribution in [-0.2, 0) is 4.79 Å². The van der Waals surface area contributed by atoms with Gasteiger partial charge in [-0.3, -0.25) is 9.59 Å². The third-order valence-electron chi connectivity index (χ3n) is 2.55. The monoisotopic (exact) mass is 234 g/mol. The van der Waals surface area contributed by atoms with E-state index < -0.39 is 5.41 Å². The molecule has 1 aromatic rings. The molecular weight excluding hydrogens is 216 g/mol. The molecule has 1 aromatic carbocycles. The van der Waals surface area contributed by atoms with E-state index in [9.17, 15) is 9.59 Å². The second kappa shape index (κ2) is 5.13. The SMILES string of the molecule is COc1cccc(C(=O)CC(=O)C(C)(C)C)c1. The van der Waals surface area contributed by atoms with Crippen molar-refractivity contribution in [3.63, 3.8) is 0 Å². The first-order valence-electron chi connectivity index (χ1n) is 5.55. The Morgan fingerprint density at radius 3 is 2.41 bits per heavy atom. The summed E-state index contributed by atoms with van der Waals surface area (Å²) in [6.07, 6.45) is -0.0589. The Morgan fingerprint density at radius 1 is 1.24 bits per heavy atom. The maximum absolute atomic E-state index is 11.9. The second-order valence-corrected chi connectivity index (χ2v) is 5.01. The summed E-state index contributed by atoms with van der Waals surface area (Å²) in [4.78, 5) is 23.6. The number of ether oxygens (including phenoxy) is 1. The van der Waals surface area contributed by atoms with Crippen molar-refractivity contribution in [1.29, 1.82) is 0 Å². The van der Waals surface area contributed by atoms with Gasteiger partial charge >= 0.3 is 0 Å². The van der Waals surface area contributed by atoms with Gasteiger partial charge in [-0.25, -0.2) is 0 Å². The molecule has 0 spiro atoms. The molecule has 0 heterocycles. The van der Waals surface area contributed by atoms with Crippen LogP contribution in [0, 0.1) is 5.41 Å². The highest BCUT2D eigenvalue weighted by Gasteiger charge is 2.24. The molecule has 0 fully saturated rings. The van der Waals surface area contributed by atoms with Gasteiger partial charge < -0.3 is 4.74 Å². The molecule has 0 unspecified atom stereocenters. The third-order valence-corrected chi connectivity index (χ3v) is 2.55. The van der Waals surface area contributed by atoms with Gasteiger partial charge in [-0.2, -0.15) is 0 Å². The maximum Gasteiger partial charge on any atom is 0.170 e. The van der Waals surface area contributed by atoms with Gasteiger partial charge in [0.15, 0.2) is 5.78 Å². The highest BCUT2D eigenvalue weighted by molar-refractivity contribution is 6.09. The molecule has 0 saturated heterocycles. The van der Waals surface area contributed by atoms with Crippen molar-refractivity contribution in [2.45, 2.75) is 27.2 Å². The molecule has 3 nitrogen and oxygen atoms in total. The van der Waals surface area contributed by atoms with Crippen molar-refractivity contribution >= 4 is 11.6 Å². The number of Topliss-reactive ketones (excluding diaryl/α,β-unsaturated/α-hetero) is 2. The summed E-state index contributed by atoms with van der Waals surface area (Å²) in [6.45, 7) is 5.44. The summed E-state index contributed by atoms with van der Waals surface area (Å²) in [7, 11) is 1.55. The number of carbonyl (C=O) groups excluding carboxylic acids is 2. The Morgan fingerprint density at radius 2 is 1.88 bits per heavy atom. The third kappa shape index (κ3) is 3.70. The fourth-order valence-corrected chi connectivity index (χ4v) is 1.31. The predicted octanol–water partition coefficient (Wildman–Crippen LogP) is 2.88.